The van der Waals surface area contributed by atoms with E-state index >= 15 is 0 Å². The molecule has 0 aromatic carbocycles. The zero-order chi connectivity index (χ0) is 11.7. The lowest BCUT2D eigenvalue weighted by atomic mass is 10.2. The Morgan fingerprint density at radius 1 is 1.31 bits per heavy atom. The van der Waals surface area contributed by atoms with Crippen LogP contribution in [0.15, 0.2) is 29.1 Å². The molecule has 0 bridgehead atoms. The fourth-order valence-electron chi connectivity index (χ4n) is 1.44. The number of rotatable bonds is 2. The van der Waals surface area contributed by atoms with Gasteiger partial charge >= 0.3 is 5.97 Å². The SMILES string of the molecule is Cc1[nH]c(=O)ccc1-c1ccc(C(=O)O)s1. The molecule has 16 heavy (non-hydrogen) atoms. The van der Waals surface area contributed by atoms with Crippen molar-refractivity contribution in [2.24, 2.45) is 0 Å². The van der Waals surface area contributed by atoms with E-state index in [1.165, 1.54) is 17.4 Å². The van der Waals surface area contributed by atoms with Crippen molar-refractivity contribution in [3.8, 4) is 10.4 Å². The quantitative estimate of drug-likeness (QED) is 0.837. The maximum atomic E-state index is 11.0. The molecule has 0 atom stereocenters. The van der Waals surface area contributed by atoms with Gasteiger partial charge in [0.15, 0.2) is 0 Å². The first-order valence-corrected chi connectivity index (χ1v) is 5.43. The van der Waals surface area contributed by atoms with Crippen LogP contribution in [-0.4, -0.2) is 16.1 Å². The highest BCUT2D eigenvalue weighted by molar-refractivity contribution is 7.17. The van der Waals surface area contributed by atoms with Crippen LogP contribution in [0.3, 0.4) is 0 Å². The van der Waals surface area contributed by atoms with Crippen LogP contribution < -0.4 is 5.56 Å². The predicted molar refractivity (Wildman–Crippen MR) is 62.1 cm³/mol. The molecule has 0 saturated heterocycles. The topological polar surface area (TPSA) is 70.2 Å². The smallest absolute Gasteiger partial charge is 0.345 e. The first-order chi connectivity index (χ1) is 7.58. The van der Waals surface area contributed by atoms with Gasteiger partial charge in [0, 0.05) is 22.2 Å². The third-order valence-corrected chi connectivity index (χ3v) is 3.30. The molecule has 0 aliphatic carbocycles. The Morgan fingerprint density at radius 3 is 2.62 bits per heavy atom. The Bertz CT molecular complexity index is 597. The van der Waals surface area contributed by atoms with Gasteiger partial charge in [0.25, 0.3) is 0 Å². The van der Waals surface area contributed by atoms with Crippen LogP contribution in [0.4, 0.5) is 0 Å². The summed E-state index contributed by atoms with van der Waals surface area (Å²) in [5.41, 5.74) is 1.44. The molecule has 5 heteroatoms. The summed E-state index contributed by atoms with van der Waals surface area (Å²) in [4.78, 5) is 25.6. The zero-order valence-electron chi connectivity index (χ0n) is 8.48. The Kier molecular flexibility index (Phi) is 2.62. The van der Waals surface area contributed by atoms with Gasteiger partial charge < -0.3 is 10.1 Å². The second-order valence-corrected chi connectivity index (χ2v) is 4.41. The molecule has 2 aromatic rings. The number of H-pyrrole nitrogens is 1. The molecule has 0 aliphatic rings. The number of hydrogen-bond acceptors (Lipinski definition) is 3. The number of aromatic nitrogens is 1. The van der Waals surface area contributed by atoms with Crippen molar-refractivity contribution >= 4 is 17.3 Å². The van der Waals surface area contributed by atoms with Crippen molar-refractivity contribution in [2.75, 3.05) is 0 Å². The van der Waals surface area contributed by atoms with Crippen molar-refractivity contribution in [1.29, 1.82) is 0 Å². The molecule has 0 spiro atoms. The summed E-state index contributed by atoms with van der Waals surface area (Å²) in [6.07, 6.45) is 0. The predicted octanol–water partition coefficient (Wildman–Crippen LogP) is 2.11. The summed E-state index contributed by atoms with van der Waals surface area (Å²) in [5.74, 6) is -0.932. The Labute approximate surface area is 95.2 Å². The number of hydrogen-bond donors (Lipinski definition) is 2. The van der Waals surface area contributed by atoms with Crippen LogP contribution in [0.2, 0.25) is 0 Å². The van der Waals surface area contributed by atoms with E-state index in [2.05, 4.69) is 4.98 Å². The van der Waals surface area contributed by atoms with E-state index in [0.29, 0.717) is 4.88 Å². The van der Waals surface area contributed by atoms with Crippen LogP contribution in [0, 0.1) is 6.92 Å². The van der Waals surface area contributed by atoms with E-state index in [1.807, 2.05) is 0 Å². The summed E-state index contributed by atoms with van der Waals surface area (Å²) < 4.78 is 0. The minimum absolute atomic E-state index is 0.156. The summed E-state index contributed by atoms with van der Waals surface area (Å²) >= 11 is 1.19. The number of carboxylic acids is 1. The first kappa shape index (κ1) is 10.6. The van der Waals surface area contributed by atoms with Crippen molar-refractivity contribution in [3.05, 3.63) is 45.2 Å². The molecule has 2 rings (SSSR count). The third-order valence-electron chi connectivity index (χ3n) is 2.20. The Hall–Kier alpha value is -1.88. The van der Waals surface area contributed by atoms with E-state index in [0.717, 1.165) is 16.1 Å². The van der Waals surface area contributed by atoms with Gasteiger partial charge in [-0.3, -0.25) is 4.79 Å². The van der Waals surface area contributed by atoms with Gasteiger partial charge in [-0.15, -0.1) is 11.3 Å². The number of aromatic amines is 1. The highest BCUT2D eigenvalue weighted by atomic mass is 32.1. The maximum absolute atomic E-state index is 11.0. The zero-order valence-corrected chi connectivity index (χ0v) is 9.30. The van der Waals surface area contributed by atoms with Gasteiger partial charge in [-0.05, 0) is 25.1 Å². The minimum atomic E-state index is -0.932. The lowest BCUT2D eigenvalue weighted by molar-refractivity contribution is 0.0702. The molecule has 0 aliphatic heterocycles. The van der Waals surface area contributed by atoms with Crippen LogP contribution in [-0.2, 0) is 0 Å². The summed E-state index contributed by atoms with van der Waals surface area (Å²) in [7, 11) is 0. The molecule has 0 radical (unpaired) electrons. The van der Waals surface area contributed by atoms with Crippen molar-refractivity contribution in [1.82, 2.24) is 4.98 Å². The highest BCUT2D eigenvalue weighted by Crippen LogP contribution is 2.28. The number of nitrogens with one attached hydrogen (secondary N) is 1. The number of aryl methyl sites for hydroxylation is 1. The van der Waals surface area contributed by atoms with E-state index in [9.17, 15) is 9.59 Å². The van der Waals surface area contributed by atoms with Gasteiger partial charge in [0.05, 0.1) is 0 Å². The second kappa shape index (κ2) is 3.94. The van der Waals surface area contributed by atoms with E-state index < -0.39 is 5.97 Å². The molecule has 82 valence electrons. The Balaban J connectivity index is 2.50. The van der Waals surface area contributed by atoms with Gasteiger partial charge in [-0.25, -0.2) is 4.79 Å². The number of carbonyl (C=O) groups is 1. The van der Waals surface area contributed by atoms with Gasteiger partial charge in [0.1, 0.15) is 4.88 Å². The standard InChI is InChI=1S/C11H9NO3S/c1-6-7(2-5-10(13)12-6)8-3-4-9(16-8)11(14)15/h2-5H,1H3,(H,12,13)(H,14,15). The lowest BCUT2D eigenvalue weighted by Gasteiger charge is -2.00. The lowest BCUT2D eigenvalue weighted by Crippen LogP contribution is -2.05. The van der Waals surface area contributed by atoms with Gasteiger partial charge in [0.2, 0.25) is 5.56 Å². The molecule has 2 heterocycles. The maximum Gasteiger partial charge on any atom is 0.345 e. The number of carboxylic acid groups (broad SMARTS) is 1. The van der Waals surface area contributed by atoms with Crippen LogP contribution in [0.1, 0.15) is 15.4 Å². The highest BCUT2D eigenvalue weighted by Gasteiger charge is 2.10. The van der Waals surface area contributed by atoms with Crippen LogP contribution >= 0.6 is 11.3 Å². The van der Waals surface area contributed by atoms with Crippen molar-refractivity contribution in [3.63, 3.8) is 0 Å². The van der Waals surface area contributed by atoms with E-state index in [-0.39, 0.29) is 5.56 Å². The number of aromatic carboxylic acids is 1. The van der Waals surface area contributed by atoms with E-state index in [4.69, 9.17) is 5.11 Å². The molecule has 0 amide bonds. The summed E-state index contributed by atoms with van der Waals surface area (Å²) in [6, 6.07) is 6.44. The average molecular weight is 235 g/mol. The van der Waals surface area contributed by atoms with Crippen LogP contribution in [0.5, 0.6) is 0 Å². The number of pyridine rings is 1. The van der Waals surface area contributed by atoms with E-state index in [1.54, 1.807) is 25.1 Å². The first-order valence-electron chi connectivity index (χ1n) is 4.61. The average Bonchev–Trinajstić information content (AvgIpc) is 2.66. The molecule has 4 nitrogen and oxygen atoms in total. The molecular formula is C11H9NO3S. The molecule has 0 fully saturated rings. The van der Waals surface area contributed by atoms with Gasteiger partial charge in [-0.2, -0.15) is 0 Å². The van der Waals surface area contributed by atoms with Crippen LogP contribution in [0.25, 0.3) is 10.4 Å². The molecule has 0 saturated carbocycles. The monoisotopic (exact) mass is 235 g/mol. The molecule has 2 aromatic heterocycles. The Morgan fingerprint density at radius 2 is 2.06 bits per heavy atom. The van der Waals surface area contributed by atoms with Crippen molar-refractivity contribution in [2.45, 2.75) is 6.92 Å². The second-order valence-electron chi connectivity index (χ2n) is 3.33. The minimum Gasteiger partial charge on any atom is -0.477 e. The summed E-state index contributed by atoms with van der Waals surface area (Å²) in [6.45, 7) is 1.79. The fourth-order valence-corrected chi connectivity index (χ4v) is 2.37. The molecule has 0 unspecified atom stereocenters. The van der Waals surface area contributed by atoms with Gasteiger partial charge in [-0.1, -0.05) is 0 Å². The fraction of sp³-hybridized carbons (Fsp3) is 0.0909. The van der Waals surface area contributed by atoms with Crippen molar-refractivity contribution < 1.29 is 9.90 Å². The normalized spacial score (nSPS) is 10.3. The molecular weight excluding hydrogens is 226 g/mol. The third kappa shape index (κ3) is 1.90. The summed E-state index contributed by atoms with van der Waals surface area (Å²) in [5, 5.41) is 8.81. The largest absolute Gasteiger partial charge is 0.477 e. The number of thiophene rings is 1. The molecule has 2 N–H and O–H groups in total.